The van der Waals surface area contributed by atoms with Crippen molar-refractivity contribution in [2.45, 2.75) is 0 Å². The Morgan fingerprint density at radius 2 is 2.14 bits per heavy atom. The fourth-order valence-electron chi connectivity index (χ4n) is 0.962. The van der Waals surface area contributed by atoms with E-state index in [4.69, 9.17) is 5.41 Å². The van der Waals surface area contributed by atoms with Gasteiger partial charge in [0.1, 0.15) is 5.69 Å². The SMILES string of the molecule is C=CCNc1c(C=N)[nH]c(=O)[nH]c1=O. The lowest BCUT2D eigenvalue weighted by Gasteiger charge is -2.04. The number of rotatable bonds is 4. The molecule has 0 aliphatic rings. The highest BCUT2D eigenvalue weighted by Gasteiger charge is 2.05. The van der Waals surface area contributed by atoms with Gasteiger partial charge in [-0.05, 0) is 0 Å². The van der Waals surface area contributed by atoms with Crippen LogP contribution >= 0.6 is 0 Å². The van der Waals surface area contributed by atoms with Gasteiger partial charge in [0.25, 0.3) is 5.56 Å². The molecule has 1 aromatic heterocycles. The van der Waals surface area contributed by atoms with E-state index >= 15 is 0 Å². The van der Waals surface area contributed by atoms with Crippen molar-refractivity contribution >= 4 is 11.9 Å². The van der Waals surface area contributed by atoms with Gasteiger partial charge >= 0.3 is 5.69 Å². The van der Waals surface area contributed by atoms with Gasteiger partial charge in [-0.25, -0.2) is 4.79 Å². The van der Waals surface area contributed by atoms with Crippen LogP contribution in [0.5, 0.6) is 0 Å². The van der Waals surface area contributed by atoms with Crippen LogP contribution < -0.4 is 16.6 Å². The van der Waals surface area contributed by atoms with Gasteiger partial charge in [-0.15, -0.1) is 6.58 Å². The predicted molar refractivity (Wildman–Crippen MR) is 54.3 cm³/mol. The van der Waals surface area contributed by atoms with E-state index in [1.807, 2.05) is 0 Å². The monoisotopic (exact) mass is 194 g/mol. The zero-order valence-electron chi connectivity index (χ0n) is 7.39. The molecule has 6 heteroatoms. The van der Waals surface area contributed by atoms with Gasteiger partial charge < -0.3 is 15.7 Å². The van der Waals surface area contributed by atoms with Crippen molar-refractivity contribution in [3.63, 3.8) is 0 Å². The highest BCUT2D eigenvalue weighted by atomic mass is 16.2. The van der Waals surface area contributed by atoms with Crippen molar-refractivity contribution in [2.75, 3.05) is 11.9 Å². The zero-order chi connectivity index (χ0) is 10.6. The third-order valence-electron chi connectivity index (χ3n) is 1.54. The molecule has 0 aromatic carbocycles. The highest BCUT2D eigenvalue weighted by Crippen LogP contribution is 1.99. The summed E-state index contributed by atoms with van der Waals surface area (Å²) in [5, 5.41) is 9.73. The smallest absolute Gasteiger partial charge is 0.326 e. The molecular formula is C8H10N4O2. The first kappa shape index (κ1) is 9.97. The first-order valence-electron chi connectivity index (χ1n) is 3.91. The molecule has 0 bridgehead atoms. The van der Waals surface area contributed by atoms with E-state index in [2.05, 4.69) is 21.9 Å². The van der Waals surface area contributed by atoms with Gasteiger partial charge in [-0.2, -0.15) is 0 Å². The van der Waals surface area contributed by atoms with E-state index < -0.39 is 11.2 Å². The van der Waals surface area contributed by atoms with Crippen molar-refractivity contribution in [2.24, 2.45) is 0 Å². The third-order valence-corrected chi connectivity index (χ3v) is 1.54. The Balaban J connectivity index is 3.25. The van der Waals surface area contributed by atoms with Gasteiger partial charge in [-0.3, -0.25) is 9.78 Å². The van der Waals surface area contributed by atoms with Crippen LogP contribution in [0.25, 0.3) is 0 Å². The second kappa shape index (κ2) is 4.22. The second-order valence-corrected chi connectivity index (χ2v) is 2.51. The minimum atomic E-state index is -0.627. The topological polar surface area (TPSA) is 102 Å². The maximum absolute atomic E-state index is 11.2. The van der Waals surface area contributed by atoms with E-state index in [9.17, 15) is 9.59 Å². The number of H-pyrrole nitrogens is 2. The molecule has 0 aliphatic heterocycles. The van der Waals surface area contributed by atoms with E-state index in [0.29, 0.717) is 6.54 Å². The van der Waals surface area contributed by atoms with Gasteiger partial charge in [0, 0.05) is 12.8 Å². The summed E-state index contributed by atoms with van der Waals surface area (Å²) in [5.41, 5.74) is -0.855. The molecule has 0 fully saturated rings. The molecule has 6 nitrogen and oxygen atoms in total. The summed E-state index contributed by atoms with van der Waals surface area (Å²) >= 11 is 0. The Hall–Kier alpha value is -2.11. The molecule has 0 atom stereocenters. The fraction of sp³-hybridized carbons (Fsp3) is 0.125. The van der Waals surface area contributed by atoms with E-state index in [1.165, 1.54) is 0 Å². The molecule has 1 rings (SSSR count). The normalized spacial score (nSPS) is 9.43. The number of nitrogens with one attached hydrogen (secondary N) is 4. The lowest BCUT2D eigenvalue weighted by atomic mass is 10.3. The van der Waals surface area contributed by atoms with Crippen LogP contribution in [0.1, 0.15) is 5.69 Å². The van der Waals surface area contributed by atoms with Crippen molar-refractivity contribution in [3.05, 3.63) is 39.2 Å². The van der Waals surface area contributed by atoms with Gasteiger partial charge in [0.2, 0.25) is 0 Å². The molecule has 4 N–H and O–H groups in total. The Kier molecular flexibility index (Phi) is 3.01. The van der Waals surface area contributed by atoms with E-state index in [1.54, 1.807) is 6.08 Å². The number of aromatic nitrogens is 2. The summed E-state index contributed by atoms with van der Waals surface area (Å²) in [6, 6.07) is 0. The highest BCUT2D eigenvalue weighted by molar-refractivity contribution is 5.82. The average molecular weight is 194 g/mol. The number of aromatic amines is 2. The minimum absolute atomic E-state index is 0.153. The molecule has 0 radical (unpaired) electrons. The first-order valence-corrected chi connectivity index (χ1v) is 3.91. The standard InChI is InChI=1S/C8H10N4O2/c1-2-3-10-6-5(4-9)11-8(14)12-7(6)13/h2,4,9-10H,1,3H2,(H2,11,12,13,14). The fourth-order valence-corrected chi connectivity index (χ4v) is 0.962. The lowest BCUT2D eigenvalue weighted by Crippen LogP contribution is -2.27. The number of hydrogen-bond donors (Lipinski definition) is 4. The number of anilines is 1. The molecule has 0 amide bonds. The zero-order valence-corrected chi connectivity index (χ0v) is 7.39. The van der Waals surface area contributed by atoms with Crippen LogP contribution in [0.2, 0.25) is 0 Å². The summed E-state index contributed by atoms with van der Waals surface area (Å²) in [7, 11) is 0. The Morgan fingerprint density at radius 1 is 1.43 bits per heavy atom. The Bertz CT molecular complexity index is 457. The van der Waals surface area contributed by atoms with Crippen LogP contribution in [-0.2, 0) is 0 Å². The van der Waals surface area contributed by atoms with Crippen LogP contribution in [0.4, 0.5) is 5.69 Å². The van der Waals surface area contributed by atoms with E-state index in [0.717, 1.165) is 6.21 Å². The van der Waals surface area contributed by atoms with Gasteiger partial charge in [0.05, 0.1) is 5.69 Å². The molecule has 1 aromatic rings. The number of hydrogen-bond acceptors (Lipinski definition) is 4. The maximum atomic E-state index is 11.2. The quantitative estimate of drug-likeness (QED) is 0.389. The summed E-state index contributed by atoms with van der Waals surface area (Å²) in [6.45, 7) is 3.86. The van der Waals surface area contributed by atoms with Crippen molar-refractivity contribution in [3.8, 4) is 0 Å². The van der Waals surface area contributed by atoms with Crippen LogP contribution in [0.3, 0.4) is 0 Å². The largest absolute Gasteiger partial charge is 0.375 e. The minimum Gasteiger partial charge on any atom is -0.375 e. The van der Waals surface area contributed by atoms with Crippen molar-refractivity contribution in [1.29, 1.82) is 5.41 Å². The van der Waals surface area contributed by atoms with Crippen molar-refractivity contribution < 1.29 is 0 Å². The lowest BCUT2D eigenvalue weighted by molar-refractivity contribution is 1.02. The van der Waals surface area contributed by atoms with E-state index in [-0.39, 0.29) is 11.4 Å². The van der Waals surface area contributed by atoms with Gasteiger partial charge in [0.15, 0.2) is 0 Å². The third kappa shape index (κ3) is 1.98. The molecule has 74 valence electrons. The molecule has 14 heavy (non-hydrogen) atoms. The summed E-state index contributed by atoms with van der Waals surface area (Å²) in [4.78, 5) is 26.5. The summed E-state index contributed by atoms with van der Waals surface area (Å²) < 4.78 is 0. The van der Waals surface area contributed by atoms with Crippen LogP contribution in [0.15, 0.2) is 22.2 Å². The van der Waals surface area contributed by atoms with Crippen LogP contribution in [0, 0.1) is 5.41 Å². The maximum Gasteiger partial charge on any atom is 0.326 e. The molecular weight excluding hydrogens is 184 g/mol. The molecule has 0 aliphatic carbocycles. The summed E-state index contributed by atoms with van der Waals surface area (Å²) in [5.74, 6) is 0. The molecule has 0 spiro atoms. The first-order chi connectivity index (χ1) is 6.69. The Morgan fingerprint density at radius 3 is 2.71 bits per heavy atom. The predicted octanol–water partition coefficient (Wildman–Crippen LogP) is -0.341. The molecule has 0 unspecified atom stereocenters. The van der Waals surface area contributed by atoms with Crippen LogP contribution in [-0.4, -0.2) is 22.7 Å². The molecule has 0 saturated carbocycles. The van der Waals surface area contributed by atoms with Gasteiger partial charge in [-0.1, -0.05) is 6.08 Å². The second-order valence-electron chi connectivity index (χ2n) is 2.51. The summed E-state index contributed by atoms with van der Waals surface area (Å²) in [6.07, 6.45) is 2.47. The van der Waals surface area contributed by atoms with Crippen molar-refractivity contribution in [1.82, 2.24) is 9.97 Å². The molecule has 1 heterocycles. The molecule has 0 saturated heterocycles. The average Bonchev–Trinajstić information content (AvgIpc) is 2.15. The Labute approximate surface area is 79.2 Å².